The molecule has 1 aromatic heterocycles. The minimum atomic E-state index is -0.607. The first kappa shape index (κ1) is 15.0. The van der Waals surface area contributed by atoms with Crippen molar-refractivity contribution in [2.75, 3.05) is 0 Å². The number of aromatic nitrogens is 2. The number of amides is 1. The molecule has 0 fully saturated rings. The SMILES string of the molecule is CC(=O)NC(C)(C)c1ncc(OCc2ccccc2)cn1. The van der Waals surface area contributed by atoms with Crippen LogP contribution in [0.25, 0.3) is 0 Å². The lowest BCUT2D eigenvalue weighted by molar-refractivity contribution is -0.120. The summed E-state index contributed by atoms with van der Waals surface area (Å²) in [6, 6.07) is 9.89. The van der Waals surface area contributed by atoms with Crippen LogP contribution >= 0.6 is 0 Å². The molecule has 0 aliphatic heterocycles. The fraction of sp³-hybridized carbons (Fsp3) is 0.312. The third kappa shape index (κ3) is 4.27. The molecule has 0 atom stereocenters. The predicted molar refractivity (Wildman–Crippen MR) is 79.6 cm³/mol. The molecule has 0 saturated heterocycles. The molecule has 5 nitrogen and oxygen atoms in total. The number of nitrogens with zero attached hydrogens (tertiary/aromatic N) is 2. The molecule has 2 rings (SSSR count). The fourth-order valence-electron chi connectivity index (χ4n) is 1.95. The van der Waals surface area contributed by atoms with E-state index in [1.54, 1.807) is 12.4 Å². The number of benzene rings is 1. The van der Waals surface area contributed by atoms with E-state index in [0.717, 1.165) is 5.56 Å². The summed E-state index contributed by atoms with van der Waals surface area (Å²) in [6.07, 6.45) is 3.24. The lowest BCUT2D eigenvalue weighted by Gasteiger charge is -2.23. The Morgan fingerprint density at radius 1 is 1.19 bits per heavy atom. The summed E-state index contributed by atoms with van der Waals surface area (Å²) in [4.78, 5) is 19.7. The van der Waals surface area contributed by atoms with E-state index >= 15 is 0 Å². The normalized spacial score (nSPS) is 11.0. The van der Waals surface area contributed by atoms with E-state index in [-0.39, 0.29) is 5.91 Å². The maximum absolute atomic E-state index is 11.2. The maximum Gasteiger partial charge on any atom is 0.217 e. The Morgan fingerprint density at radius 2 is 1.81 bits per heavy atom. The van der Waals surface area contributed by atoms with Gasteiger partial charge in [-0.25, -0.2) is 9.97 Å². The highest BCUT2D eigenvalue weighted by Crippen LogP contribution is 2.17. The van der Waals surface area contributed by atoms with Crippen molar-refractivity contribution in [3.05, 3.63) is 54.1 Å². The Labute approximate surface area is 124 Å². The van der Waals surface area contributed by atoms with Crippen molar-refractivity contribution in [2.45, 2.75) is 32.9 Å². The van der Waals surface area contributed by atoms with Crippen LogP contribution in [0.5, 0.6) is 5.75 Å². The van der Waals surface area contributed by atoms with Crippen molar-refractivity contribution in [1.82, 2.24) is 15.3 Å². The van der Waals surface area contributed by atoms with Gasteiger partial charge in [-0.2, -0.15) is 0 Å². The Kier molecular flexibility index (Phi) is 4.52. The molecule has 0 aliphatic rings. The van der Waals surface area contributed by atoms with E-state index < -0.39 is 5.54 Å². The number of carbonyl (C=O) groups is 1. The van der Waals surface area contributed by atoms with Crippen LogP contribution in [0, 0.1) is 0 Å². The monoisotopic (exact) mass is 285 g/mol. The van der Waals surface area contributed by atoms with Crippen molar-refractivity contribution in [1.29, 1.82) is 0 Å². The highest BCUT2D eigenvalue weighted by Gasteiger charge is 2.24. The van der Waals surface area contributed by atoms with E-state index in [9.17, 15) is 4.79 Å². The van der Waals surface area contributed by atoms with Gasteiger partial charge in [-0.3, -0.25) is 4.79 Å². The first-order chi connectivity index (χ1) is 9.97. The molecular formula is C16H19N3O2. The zero-order valence-electron chi connectivity index (χ0n) is 12.5. The first-order valence-electron chi connectivity index (χ1n) is 6.75. The van der Waals surface area contributed by atoms with Crippen molar-refractivity contribution in [3.8, 4) is 5.75 Å². The number of rotatable bonds is 5. The zero-order valence-corrected chi connectivity index (χ0v) is 12.5. The van der Waals surface area contributed by atoms with Gasteiger partial charge in [0, 0.05) is 6.92 Å². The Balaban J connectivity index is 2.00. The van der Waals surface area contributed by atoms with Crippen molar-refractivity contribution in [2.24, 2.45) is 0 Å². The van der Waals surface area contributed by atoms with Crippen LogP contribution in [0.3, 0.4) is 0 Å². The van der Waals surface area contributed by atoms with Crippen LogP contribution in [0.1, 0.15) is 32.2 Å². The largest absolute Gasteiger partial charge is 0.486 e. The van der Waals surface area contributed by atoms with Crippen LogP contribution in [0.15, 0.2) is 42.7 Å². The van der Waals surface area contributed by atoms with Crippen LogP contribution in [0.2, 0.25) is 0 Å². The third-order valence-corrected chi connectivity index (χ3v) is 2.92. The summed E-state index contributed by atoms with van der Waals surface area (Å²) in [5.41, 5.74) is 0.476. The summed E-state index contributed by atoms with van der Waals surface area (Å²) < 4.78 is 5.63. The highest BCUT2D eigenvalue weighted by atomic mass is 16.5. The molecule has 21 heavy (non-hydrogen) atoms. The zero-order chi connectivity index (χ0) is 15.3. The molecule has 1 amide bonds. The quantitative estimate of drug-likeness (QED) is 0.916. The van der Waals surface area contributed by atoms with Gasteiger partial charge < -0.3 is 10.1 Å². The number of ether oxygens (including phenoxy) is 1. The molecule has 0 radical (unpaired) electrons. The molecule has 0 spiro atoms. The average Bonchev–Trinajstić information content (AvgIpc) is 2.45. The smallest absolute Gasteiger partial charge is 0.217 e. The molecule has 110 valence electrons. The van der Waals surface area contributed by atoms with Crippen molar-refractivity contribution in [3.63, 3.8) is 0 Å². The number of nitrogens with one attached hydrogen (secondary N) is 1. The molecular weight excluding hydrogens is 266 g/mol. The summed E-state index contributed by atoms with van der Waals surface area (Å²) in [6.45, 7) is 5.65. The van der Waals surface area contributed by atoms with Gasteiger partial charge >= 0.3 is 0 Å². The lowest BCUT2D eigenvalue weighted by Crippen LogP contribution is -2.41. The Bertz CT molecular complexity index is 595. The standard InChI is InChI=1S/C16H19N3O2/c1-12(20)19-16(2,3)15-17-9-14(10-18-15)21-11-13-7-5-4-6-8-13/h4-10H,11H2,1-3H3,(H,19,20). The second-order valence-corrected chi connectivity index (χ2v) is 5.32. The summed E-state index contributed by atoms with van der Waals surface area (Å²) in [5.74, 6) is 1.03. The van der Waals surface area contributed by atoms with Gasteiger partial charge in [0.15, 0.2) is 11.6 Å². The third-order valence-electron chi connectivity index (χ3n) is 2.92. The Hall–Kier alpha value is -2.43. The molecule has 2 aromatic rings. The van der Waals surface area contributed by atoms with Gasteiger partial charge in [-0.15, -0.1) is 0 Å². The molecule has 5 heteroatoms. The second-order valence-electron chi connectivity index (χ2n) is 5.32. The van der Waals surface area contributed by atoms with Crippen LogP contribution < -0.4 is 10.1 Å². The molecule has 1 N–H and O–H groups in total. The summed E-state index contributed by atoms with van der Waals surface area (Å²) >= 11 is 0. The van der Waals surface area contributed by atoms with Gasteiger partial charge in [0.2, 0.25) is 5.91 Å². The number of hydrogen-bond donors (Lipinski definition) is 1. The van der Waals surface area contributed by atoms with Crippen LogP contribution in [0.4, 0.5) is 0 Å². The van der Waals surface area contributed by atoms with Gasteiger partial charge in [-0.1, -0.05) is 30.3 Å². The van der Waals surface area contributed by atoms with E-state index in [2.05, 4.69) is 15.3 Å². The molecule has 0 aliphatic carbocycles. The van der Waals surface area contributed by atoms with E-state index in [4.69, 9.17) is 4.74 Å². The van der Waals surface area contributed by atoms with Crippen molar-refractivity contribution >= 4 is 5.91 Å². The number of carbonyl (C=O) groups excluding carboxylic acids is 1. The van der Waals surface area contributed by atoms with Gasteiger partial charge in [-0.05, 0) is 19.4 Å². The van der Waals surface area contributed by atoms with Crippen LogP contribution in [-0.2, 0) is 16.9 Å². The van der Waals surface area contributed by atoms with Gasteiger partial charge in [0.05, 0.1) is 17.9 Å². The summed E-state index contributed by atoms with van der Waals surface area (Å²) in [7, 11) is 0. The molecule has 0 unspecified atom stereocenters. The molecule has 0 saturated carbocycles. The topological polar surface area (TPSA) is 64.1 Å². The fourth-order valence-corrected chi connectivity index (χ4v) is 1.95. The second kappa shape index (κ2) is 6.35. The van der Waals surface area contributed by atoms with Gasteiger partial charge in [0.1, 0.15) is 6.61 Å². The molecule has 1 aromatic carbocycles. The predicted octanol–water partition coefficient (Wildman–Crippen LogP) is 2.43. The van der Waals surface area contributed by atoms with E-state index in [0.29, 0.717) is 18.2 Å². The van der Waals surface area contributed by atoms with Crippen molar-refractivity contribution < 1.29 is 9.53 Å². The van der Waals surface area contributed by atoms with E-state index in [1.165, 1.54) is 6.92 Å². The lowest BCUT2D eigenvalue weighted by atomic mass is 10.0. The summed E-state index contributed by atoms with van der Waals surface area (Å²) in [5, 5.41) is 2.81. The minimum Gasteiger partial charge on any atom is -0.486 e. The molecule has 1 heterocycles. The Morgan fingerprint density at radius 3 is 2.38 bits per heavy atom. The highest BCUT2D eigenvalue weighted by molar-refractivity contribution is 5.73. The minimum absolute atomic E-state index is 0.118. The average molecular weight is 285 g/mol. The van der Waals surface area contributed by atoms with Crippen LogP contribution in [-0.4, -0.2) is 15.9 Å². The molecule has 0 bridgehead atoms. The first-order valence-corrected chi connectivity index (χ1v) is 6.75. The van der Waals surface area contributed by atoms with E-state index in [1.807, 2.05) is 44.2 Å². The number of hydrogen-bond acceptors (Lipinski definition) is 4. The maximum atomic E-state index is 11.2. The van der Waals surface area contributed by atoms with Gasteiger partial charge in [0.25, 0.3) is 0 Å².